The summed E-state index contributed by atoms with van der Waals surface area (Å²) in [4.78, 5) is 0. The molecular formula is C10H28O3Si3. The van der Waals surface area contributed by atoms with E-state index in [0.717, 1.165) is 16.7 Å². The van der Waals surface area contributed by atoms with Crippen LogP contribution in [0.2, 0.25) is 44.8 Å². The van der Waals surface area contributed by atoms with E-state index in [1.165, 1.54) is 0 Å². The molecule has 0 aromatic heterocycles. The zero-order valence-electron chi connectivity index (χ0n) is 11.8. The van der Waals surface area contributed by atoms with E-state index in [1.54, 1.807) is 0 Å². The van der Waals surface area contributed by atoms with Gasteiger partial charge in [-0.2, -0.15) is 0 Å². The molecule has 98 valence electrons. The number of hydrogen-bond acceptors (Lipinski definition) is 3. The third-order valence-electron chi connectivity index (χ3n) is 1.99. The van der Waals surface area contributed by atoms with Gasteiger partial charge in [0.2, 0.25) is 0 Å². The highest BCUT2D eigenvalue weighted by Crippen LogP contribution is 2.24. The molecule has 0 amide bonds. The second-order valence-corrected chi connectivity index (χ2v) is 16.7. The van der Waals surface area contributed by atoms with Crippen LogP contribution < -0.4 is 0 Å². The van der Waals surface area contributed by atoms with Crippen LogP contribution in [0.5, 0.6) is 0 Å². The van der Waals surface area contributed by atoms with E-state index in [-0.39, 0.29) is 12.9 Å². The molecular weight excluding hydrogens is 252 g/mol. The molecule has 0 radical (unpaired) electrons. The fourth-order valence-electron chi connectivity index (χ4n) is 1.29. The predicted molar refractivity (Wildman–Crippen MR) is 78.0 cm³/mol. The monoisotopic (exact) mass is 280 g/mol. The molecule has 0 aliphatic carbocycles. The van der Waals surface area contributed by atoms with Gasteiger partial charge < -0.3 is 14.0 Å². The fraction of sp³-hybridized carbons (Fsp3) is 1.00. The topological polar surface area (TPSA) is 38.7 Å². The lowest BCUT2D eigenvalue weighted by Gasteiger charge is -2.35. The van der Waals surface area contributed by atoms with Gasteiger partial charge >= 0.3 is 0 Å². The first-order valence-electron chi connectivity index (χ1n) is 6.01. The second-order valence-electron chi connectivity index (χ2n) is 6.32. The van der Waals surface area contributed by atoms with Crippen LogP contribution in [0.3, 0.4) is 0 Å². The Bertz CT molecular complexity index is 182. The van der Waals surface area contributed by atoms with E-state index in [2.05, 4.69) is 39.3 Å². The average molecular weight is 281 g/mol. The van der Waals surface area contributed by atoms with E-state index in [4.69, 9.17) is 14.0 Å². The molecule has 1 atom stereocenters. The van der Waals surface area contributed by atoms with Crippen LogP contribution in [0, 0.1) is 0 Å². The fourth-order valence-corrected chi connectivity index (χ4v) is 4.42. The lowest BCUT2D eigenvalue weighted by atomic mass is 10.3. The summed E-state index contributed by atoms with van der Waals surface area (Å²) in [6, 6.07) is 0. The molecule has 0 saturated heterocycles. The van der Waals surface area contributed by atoms with Crippen LogP contribution in [0.4, 0.5) is 0 Å². The lowest BCUT2D eigenvalue weighted by molar-refractivity contribution is -0.0166. The summed E-state index contributed by atoms with van der Waals surface area (Å²) < 4.78 is 12.2. The zero-order chi connectivity index (χ0) is 13.0. The predicted octanol–water partition coefficient (Wildman–Crippen LogP) is 1.55. The summed E-state index contributed by atoms with van der Waals surface area (Å²) >= 11 is 0. The largest absolute Gasteiger partial charge is 0.396 e. The molecule has 0 aromatic carbocycles. The third-order valence-corrected chi connectivity index (χ3v) is 4.99. The summed E-state index contributed by atoms with van der Waals surface area (Å²) in [7, 11) is -2.14. The van der Waals surface area contributed by atoms with Crippen molar-refractivity contribution in [3.63, 3.8) is 0 Å². The lowest BCUT2D eigenvalue weighted by Crippen LogP contribution is -2.42. The molecule has 3 nitrogen and oxygen atoms in total. The van der Waals surface area contributed by atoms with Crippen molar-refractivity contribution in [1.82, 2.24) is 0 Å². The molecule has 1 N–H and O–H groups in total. The van der Waals surface area contributed by atoms with Crippen LogP contribution in [-0.2, 0) is 8.85 Å². The van der Waals surface area contributed by atoms with Gasteiger partial charge in [-0.3, -0.25) is 0 Å². The normalized spacial score (nSPS) is 15.8. The Morgan fingerprint density at radius 3 is 1.62 bits per heavy atom. The Labute approximate surface area is 105 Å². The Morgan fingerprint density at radius 2 is 1.38 bits per heavy atom. The first kappa shape index (κ1) is 16.5. The van der Waals surface area contributed by atoms with E-state index in [0.29, 0.717) is 5.54 Å². The van der Waals surface area contributed by atoms with Gasteiger partial charge in [0.25, 0.3) is 0 Å². The Balaban J connectivity index is 4.51. The molecule has 0 heterocycles. The maximum Gasteiger partial charge on any atom is 0.187 e. The van der Waals surface area contributed by atoms with Crippen LogP contribution in [-0.4, -0.2) is 44.9 Å². The average Bonchev–Trinajstić information content (AvgIpc) is 1.97. The summed E-state index contributed by atoms with van der Waals surface area (Å²) in [5.41, 5.74) is 0.392. The summed E-state index contributed by atoms with van der Waals surface area (Å²) in [5, 5.41) is 9.02. The molecule has 0 rings (SSSR count). The molecule has 0 saturated carbocycles. The third kappa shape index (κ3) is 8.66. The second kappa shape index (κ2) is 6.46. The highest BCUT2D eigenvalue weighted by atomic mass is 28.4. The smallest absolute Gasteiger partial charge is 0.187 e. The van der Waals surface area contributed by atoms with Crippen molar-refractivity contribution in [2.75, 3.05) is 6.61 Å². The molecule has 0 spiro atoms. The van der Waals surface area contributed by atoms with Gasteiger partial charge in [-0.1, -0.05) is 0 Å². The zero-order valence-corrected chi connectivity index (χ0v) is 15.8. The van der Waals surface area contributed by atoms with Crippen molar-refractivity contribution in [1.29, 1.82) is 0 Å². The van der Waals surface area contributed by atoms with Crippen molar-refractivity contribution in [3.05, 3.63) is 0 Å². The maximum atomic E-state index is 9.02. The van der Waals surface area contributed by atoms with Crippen molar-refractivity contribution in [3.8, 4) is 0 Å². The Morgan fingerprint density at radius 1 is 1.00 bits per heavy atom. The van der Waals surface area contributed by atoms with Gasteiger partial charge in [0, 0.05) is 16.8 Å². The van der Waals surface area contributed by atoms with Crippen molar-refractivity contribution in [2.24, 2.45) is 0 Å². The molecule has 0 fully saturated rings. The van der Waals surface area contributed by atoms with Gasteiger partial charge in [0.15, 0.2) is 16.6 Å². The van der Waals surface area contributed by atoms with Crippen molar-refractivity contribution >= 4 is 26.9 Å². The Kier molecular flexibility index (Phi) is 6.67. The summed E-state index contributed by atoms with van der Waals surface area (Å²) in [5.74, 6) is 0. The maximum absolute atomic E-state index is 9.02. The first-order valence-corrected chi connectivity index (χ1v) is 14.0. The first-order chi connectivity index (χ1) is 7.05. The molecule has 0 aromatic rings. The van der Waals surface area contributed by atoms with Crippen LogP contribution in [0.15, 0.2) is 0 Å². The molecule has 0 bridgehead atoms. The van der Waals surface area contributed by atoms with E-state index >= 15 is 0 Å². The van der Waals surface area contributed by atoms with E-state index in [9.17, 15) is 0 Å². The summed E-state index contributed by atoms with van der Waals surface area (Å²) in [6.07, 6.45) is 0.711. The number of rotatable bonds is 7. The van der Waals surface area contributed by atoms with Gasteiger partial charge in [0.1, 0.15) is 6.29 Å². The van der Waals surface area contributed by atoms with Crippen LogP contribution in [0.1, 0.15) is 6.42 Å². The Hall–Kier alpha value is 0.531. The highest BCUT2D eigenvalue weighted by molar-refractivity contribution is 6.70. The number of hydrogen-bond donors (Lipinski definition) is 1. The minimum atomic E-state index is -1.57. The van der Waals surface area contributed by atoms with Gasteiger partial charge in [-0.05, 0) is 51.2 Å². The molecule has 0 aliphatic heterocycles. The standard InChI is InChI=1S/C10H28O3Si3/c1-15(2,3)12-10(9(14)7-8-11)13-16(4,5)6/h9-11H,7-8H2,1-6,14H3. The van der Waals surface area contributed by atoms with Crippen LogP contribution >= 0.6 is 0 Å². The molecule has 6 heteroatoms. The molecule has 1 unspecified atom stereocenters. The highest BCUT2D eigenvalue weighted by Gasteiger charge is 2.30. The van der Waals surface area contributed by atoms with Crippen molar-refractivity contribution < 1.29 is 14.0 Å². The minimum absolute atomic E-state index is 0.0860. The molecule has 0 aliphatic rings. The SMILES string of the molecule is C[Si](C)(C)OC(O[Si](C)(C)C)C([SiH3])CCO. The van der Waals surface area contributed by atoms with Gasteiger partial charge in [0.05, 0.1) is 0 Å². The van der Waals surface area contributed by atoms with E-state index in [1.807, 2.05) is 0 Å². The quantitative estimate of drug-likeness (QED) is 0.568. The summed E-state index contributed by atoms with van der Waals surface area (Å²) in [6.45, 7) is 13.3. The van der Waals surface area contributed by atoms with Crippen LogP contribution in [0.25, 0.3) is 0 Å². The van der Waals surface area contributed by atoms with E-state index < -0.39 is 16.6 Å². The number of aliphatic hydroxyl groups is 1. The van der Waals surface area contributed by atoms with Gasteiger partial charge in [-0.15, -0.1) is 0 Å². The minimum Gasteiger partial charge on any atom is -0.396 e. The number of aliphatic hydroxyl groups excluding tert-OH is 1. The van der Waals surface area contributed by atoms with Gasteiger partial charge in [-0.25, -0.2) is 0 Å². The molecule has 16 heavy (non-hydrogen) atoms. The van der Waals surface area contributed by atoms with Crippen molar-refractivity contribution in [2.45, 2.75) is 57.5 Å².